The Morgan fingerprint density at radius 3 is 1.81 bits per heavy atom. The van der Waals surface area contributed by atoms with E-state index in [2.05, 4.69) is 160 Å². The zero-order chi connectivity index (χ0) is 31.6. The van der Waals surface area contributed by atoms with Crippen molar-refractivity contribution in [1.82, 2.24) is 14.6 Å². The van der Waals surface area contributed by atoms with E-state index in [1.807, 2.05) is 29.5 Å². The maximum absolute atomic E-state index is 4.67. The molecule has 48 heavy (non-hydrogen) atoms. The molecule has 0 saturated carbocycles. The molecule has 0 saturated heterocycles. The van der Waals surface area contributed by atoms with Gasteiger partial charge < -0.3 is 0 Å². The van der Waals surface area contributed by atoms with Crippen molar-refractivity contribution in [3.8, 4) is 44.8 Å². The van der Waals surface area contributed by atoms with Gasteiger partial charge in [0.25, 0.3) is 0 Å². The van der Waals surface area contributed by atoms with Crippen LogP contribution in [0.25, 0.3) is 92.3 Å². The average molecular weight is 630 g/mol. The highest BCUT2D eigenvalue weighted by atomic mass is 32.1. The maximum Gasteiger partial charge on any atom is 0.169 e. The van der Waals surface area contributed by atoms with Gasteiger partial charge in [0.05, 0.1) is 5.52 Å². The number of thiophene rings is 1. The molecule has 0 aliphatic rings. The third kappa shape index (κ3) is 4.20. The molecule has 0 unspecified atom stereocenters. The Morgan fingerprint density at radius 2 is 1.00 bits per heavy atom. The van der Waals surface area contributed by atoms with E-state index in [4.69, 9.17) is 0 Å². The van der Waals surface area contributed by atoms with Crippen LogP contribution < -0.4 is 0 Å². The first-order valence-corrected chi connectivity index (χ1v) is 17.0. The lowest BCUT2D eigenvalue weighted by atomic mass is 9.95. The van der Waals surface area contributed by atoms with Gasteiger partial charge in [0.1, 0.15) is 0 Å². The summed E-state index contributed by atoms with van der Waals surface area (Å²) in [5.74, 6) is 0.849. The summed E-state index contributed by atoms with van der Waals surface area (Å²) in [5, 5.41) is 15.4. The van der Waals surface area contributed by atoms with Crippen molar-refractivity contribution in [2.24, 2.45) is 0 Å². The zero-order valence-electron chi connectivity index (χ0n) is 25.8. The molecule has 0 N–H and O–H groups in total. The number of fused-ring (bicyclic) bond motifs is 9. The van der Waals surface area contributed by atoms with E-state index in [1.165, 1.54) is 64.3 Å². The summed E-state index contributed by atoms with van der Waals surface area (Å²) in [6.45, 7) is 0. The Bertz CT molecular complexity index is 2840. The molecule has 0 aliphatic carbocycles. The number of aromatic nitrogens is 3. The minimum Gasteiger partial charge on any atom is -0.274 e. The average Bonchev–Trinajstić information content (AvgIpc) is 3.78. The first-order chi connectivity index (χ1) is 23.8. The quantitative estimate of drug-likeness (QED) is 0.181. The highest BCUT2D eigenvalue weighted by molar-refractivity contribution is 7.26. The van der Waals surface area contributed by atoms with Gasteiger partial charge in [-0.15, -0.1) is 21.5 Å². The molecule has 0 amide bonds. The smallest absolute Gasteiger partial charge is 0.169 e. The second-order valence-electron chi connectivity index (χ2n) is 12.3. The summed E-state index contributed by atoms with van der Waals surface area (Å²) in [7, 11) is 0. The van der Waals surface area contributed by atoms with E-state index in [0.29, 0.717) is 0 Å². The minimum absolute atomic E-state index is 0.849. The van der Waals surface area contributed by atoms with Crippen molar-refractivity contribution >= 4 is 58.8 Å². The molecule has 3 heterocycles. The van der Waals surface area contributed by atoms with Crippen LogP contribution in [-0.4, -0.2) is 14.6 Å². The van der Waals surface area contributed by atoms with Gasteiger partial charge in [0.15, 0.2) is 11.5 Å². The molecule has 224 valence electrons. The predicted molar refractivity (Wildman–Crippen MR) is 203 cm³/mol. The molecule has 3 nitrogen and oxygen atoms in total. The van der Waals surface area contributed by atoms with Crippen LogP contribution in [0, 0.1) is 0 Å². The highest BCUT2D eigenvalue weighted by Crippen LogP contribution is 2.41. The fourth-order valence-corrected chi connectivity index (χ4v) is 8.46. The summed E-state index contributed by atoms with van der Waals surface area (Å²) in [6, 6.07) is 58.9. The van der Waals surface area contributed by atoms with E-state index < -0.39 is 0 Å². The van der Waals surface area contributed by atoms with Gasteiger partial charge in [-0.25, -0.2) is 0 Å². The standard InChI is InChI=1S/C44H27N3S/c1-2-11-28(12-3-1)43-45-46-44-38-19-5-4-17-35(38)39-27-32(23-24-40(39)47(43)44)30-14-8-13-29(25-30)31-15-9-16-33(26-31)34-20-10-21-37-36-18-6-7-22-41(36)48-42(34)37/h1-27H. The summed E-state index contributed by atoms with van der Waals surface area (Å²) in [4.78, 5) is 0. The number of hydrogen-bond donors (Lipinski definition) is 0. The van der Waals surface area contributed by atoms with Crippen LogP contribution in [0.4, 0.5) is 0 Å². The number of pyridine rings is 1. The Hall–Kier alpha value is -6.10. The van der Waals surface area contributed by atoms with Crippen molar-refractivity contribution in [3.63, 3.8) is 0 Å². The van der Waals surface area contributed by atoms with Gasteiger partial charge in [-0.05, 0) is 69.1 Å². The van der Waals surface area contributed by atoms with Crippen LogP contribution >= 0.6 is 11.3 Å². The van der Waals surface area contributed by atoms with Gasteiger partial charge in [-0.2, -0.15) is 0 Å². The van der Waals surface area contributed by atoms with Gasteiger partial charge >= 0.3 is 0 Å². The molecule has 0 spiro atoms. The number of benzene rings is 7. The molecule has 10 rings (SSSR count). The molecule has 4 heteroatoms. The Labute approximate surface area is 281 Å². The molecule has 0 aliphatic heterocycles. The lowest BCUT2D eigenvalue weighted by Crippen LogP contribution is -1.95. The fourth-order valence-electron chi connectivity index (χ4n) is 7.22. The number of hydrogen-bond acceptors (Lipinski definition) is 3. The summed E-state index contributed by atoms with van der Waals surface area (Å²) in [6.07, 6.45) is 0. The fraction of sp³-hybridized carbons (Fsp3) is 0. The molecular formula is C44H27N3S. The van der Waals surface area contributed by atoms with Crippen LogP contribution in [0.5, 0.6) is 0 Å². The van der Waals surface area contributed by atoms with E-state index in [0.717, 1.165) is 27.9 Å². The molecule has 0 radical (unpaired) electrons. The van der Waals surface area contributed by atoms with Crippen molar-refractivity contribution in [3.05, 3.63) is 164 Å². The van der Waals surface area contributed by atoms with Gasteiger partial charge in [0.2, 0.25) is 0 Å². The van der Waals surface area contributed by atoms with E-state index >= 15 is 0 Å². The normalized spacial score (nSPS) is 11.8. The van der Waals surface area contributed by atoms with Gasteiger partial charge in [0, 0.05) is 36.5 Å². The van der Waals surface area contributed by atoms with Crippen LogP contribution in [0.3, 0.4) is 0 Å². The highest BCUT2D eigenvalue weighted by Gasteiger charge is 2.17. The first kappa shape index (κ1) is 27.1. The Kier molecular flexibility index (Phi) is 6.05. The molecule has 10 aromatic rings. The lowest BCUT2D eigenvalue weighted by Gasteiger charge is -2.12. The lowest BCUT2D eigenvalue weighted by molar-refractivity contribution is 1.12. The van der Waals surface area contributed by atoms with E-state index in [-0.39, 0.29) is 0 Å². The second-order valence-corrected chi connectivity index (χ2v) is 13.3. The Balaban J connectivity index is 1.10. The Morgan fingerprint density at radius 1 is 0.396 bits per heavy atom. The molecule has 3 aromatic heterocycles. The number of rotatable bonds is 4. The van der Waals surface area contributed by atoms with Crippen LogP contribution in [-0.2, 0) is 0 Å². The van der Waals surface area contributed by atoms with Gasteiger partial charge in [-0.1, -0.05) is 133 Å². The first-order valence-electron chi connectivity index (χ1n) is 16.2. The summed E-state index contributed by atoms with van der Waals surface area (Å²) in [5.41, 5.74) is 10.3. The van der Waals surface area contributed by atoms with Gasteiger partial charge in [-0.3, -0.25) is 4.40 Å². The largest absolute Gasteiger partial charge is 0.274 e. The predicted octanol–water partition coefficient (Wildman–Crippen LogP) is 12.1. The van der Waals surface area contributed by atoms with Crippen molar-refractivity contribution < 1.29 is 0 Å². The minimum atomic E-state index is 0.849. The maximum atomic E-state index is 4.67. The van der Waals surface area contributed by atoms with Crippen molar-refractivity contribution in [2.45, 2.75) is 0 Å². The molecule has 0 bridgehead atoms. The van der Waals surface area contributed by atoms with Crippen LogP contribution in [0.15, 0.2) is 164 Å². The van der Waals surface area contributed by atoms with E-state index in [1.54, 1.807) is 0 Å². The third-order valence-electron chi connectivity index (χ3n) is 9.50. The molecule has 0 atom stereocenters. The topological polar surface area (TPSA) is 30.2 Å². The monoisotopic (exact) mass is 629 g/mol. The third-order valence-corrected chi connectivity index (χ3v) is 10.7. The van der Waals surface area contributed by atoms with Crippen LogP contribution in [0.1, 0.15) is 0 Å². The SMILES string of the molecule is c1ccc(-c2nnc3c4ccccc4c4cc(-c5cccc(-c6cccc(-c7cccc8c7sc7ccccc78)c6)c5)ccc4n23)cc1. The molecular weight excluding hydrogens is 603 g/mol. The molecule has 7 aromatic carbocycles. The zero-order valence-corrected chi connectivity index (χ0v) is 26.7. The summed E-state index contributed by atoms with van der Waals surface area (Å²) < 4.78 is 4.87. The number of nitrogens with zero attached hydrogens (tertiary/aromatic N) is 3. The van der Waals surface area contributed by atoms with E-state index in [9.17, 15) is 0 Å². The van der Waals surface area contributed by atoms with Crippen molar-refractivity contribution in [2.75, 3.05) is 0 Å². The van der Waals surface area contributed by atoms with Crippen molar-refractivity contribution in [1.29, 1.82) is 0 Å². The molecule has 0 fully saturated rings. The second kappa shape index (κ2) is 10.7. The summed E-state index contributed by atoms with van der Waals surface area (Å²) >= 11 is 1.88. The van der Waals surface area contributed by atoms with Crippen LogP contribution in [0.2, 0.25) is 0 Å².